The molecule has 0 fully saturated rings. The van der Waals surface area contributed by atoms with E-state index in [4.69, 9.17) is 4.74 Å². The van der Waals surface area contributed by atoms with Gasteiger partial charge in [-0.1, -0.05) is 32.6 Å². The Morgan fingerprint density at radius 2 is 1.89 bits per heavy atom. The normalized spacial score (nSPS) is 12.8. The van der Waals surface area contributed by atoms with E-state index in [9.17, 15) is 5.11 Å². The predicted octanol–water partition coefficient (Wildman–Crippen LogP) is 3.07. The van der Waals surface area contributed by atoms with Crippen LogP contribution in [0.2, 0.25) is 0 Å². The third kappa shape index (κ3) is 16.2. The van der Waals surface area contributed by atoms with Crippen molar-refractivity contribution < 1.29 is 9.84 Å². The van der Waals surface area contributed by atoms with Crippen LogP contribution in [0.4, 0.5) is 0 Å². The fraction of sp³-hybridized carbons (Fsp3) is 1.00. The molecule has 0 heterocycles. The van der Waals surface area contributed by atoms with Gasteiger partial charge in [0, 0.05) is 13.2 Å². The molecule has 0 saturated heterocycles. The molecule has 0 bridgehead atoms. The van der Waals surface area contributed by atoms with Crippen LogP contribution in [-0.4, -0.2) is 49.5 Å². The zero-order chi connectivity index (χ0) is 14.2. The largest absolute Gasteiger partial charge is 0.389 e. The Morgan fingerprint density at radius 3 is 2.63 bits per heavy atom. The number of ether oxygens (including phenoxy) is 1. The van der Waals surface area contributed by atoms with Crippen LogP contribution in [0.15, 0.2) is 0 Å². The van der Waals surface area contributed by atoms with Crippen LogP contribution in [0.5, 0.6) is 0 Å². The summed E-state index contributed by atoms with van der Waals surface area (Å²) in [5.74, 6) is 1.26. The van der Waals surface area contributed by atoms with E-state index in [1.54, 1.807) is 0 Å². The first-order valence-corrected chi connectivity index (χ1v) is 9.16. The average Bonchev–Trinajstić information content (AvgIpc) is 2.41. The van der Waals surface area contributed by atoms with E-state index in [2.05, 4.69) is 18.5 Å². The van der Waals surface area contributed by atoms with Crippen molar-refractivity contribution in [1.29, 1.82) is 0 Å². The Balaban J connectivity index is 3.10. The van der Waals surface area contributed by atoms with E-state index >= 15 is 0 Å². The highest BCUT2D eigenvalue weighted by Gasteiger charge is 2.03. The first-order chi connectivity index (χ1) is 9.31. The van der Waals surface area contributed by atoms with Crippen molar-refractivity contribution in [3.63, 3.8) is 0 Å². The Kier molecular flexibility index (Phi) is 16.5. The number of aliphatic hydroxyl groups is 1. The molecule has 1 atom stereocenters. The molecule has 0 saturated carbocycles. The van der Waals surface area contributed by atoms with Crippen LogP contribution in [-0.2, 0) is 4.74 Å². The maximum Gasteiger partial charge on any atom is 0.0897 e. The molecule has 0 radical (unpaired) electrons. The topological polar surface area (TPSA) is 41.5 Å². The Bertz CT molecular complexity index is 170. The molecule has 0 spiro atoms. The molecule has 0 aliphatic heterocycles. The highest BCUT2D eigenvalue weighted by atomic mass is 32.2. The summed E-state index contributed by atoms with van der Waals surface area (Å²) in [7, 11) is 0. The van der Waals surface area contributed by atoms with E-state index in [0.29, 0.717) is 13.2 Å². The summed E-state index contributed by atoms with van der Waals surface area (Å²) in [6.07, 6.45) is 10.4. The smallest absolute Gasteiger partial charge is 0.0897 e. The van der Waals surface area contributed by atoms with Gasteiger partial charge in [-0.15, -0.1) is 0 Å². The monoisotopic (exact) mass is 291 g/mol. The third-order valence-electron chi connectivity index (χ3n) is 3.03. The number of hydrogen-bond donors (Lipinski definition) is 2. The molecule has 1 unspecified atom stereocenters. The lowest BCUT2D eigenvalue weighted by atomic mass is 10.2. The fourth-order valence-electron chi connectivity index (χ4n) is 1.85. The standard InChI is InChI=1S/C15H33NO2S/c1-3-4-5-8-11-18-14-15(17)13-16-10-7-6-9-12-19-2/h15-17H,3-14H2,1-2H3. The molecular weight excluding hydrogens is 258 g/mol. The van der Waals surface area contributed by atoms with Crippen molar-refractivity contribution >= 4 is 11.8 Å². The minimum Gasteiger partial charge on any atom is -0.389 e. The summed E-state index contributed by atoms with van der Waals surface area (Å²) >= 11 is 1.91. The molecular formula is C15H33NO2S. The number of hydrogen-bond acceptors (Lipinski definition) is 4. The molecule has 3 nitrogen and oxygen atoms in total. The van der Waals surface area contributed by atoms with Crippen molar-refractivity contribution in [2.45, 2.75) is 58.0 Å². The second-order valence-corrected chi connectivity index (χ2v) is 6.03. The second-order valence-electron chi connectivity index (χ2n) is 5.05. The van der Waals surface area contributed by atoms with Gasteiger partial charge < -0.3 is 15.2 Å². The Morgan fingerprint density at radius 1 is 1.11 bits per heavy atom. The van der Waals surface area contributed by atoms with Crippen LogP contribution >= 0.6 is 11.8 Å². The molecule has 2 N–H and O–H groups in total. The van der Waals surface area contributed by atoms with Crippen molar-refractivity contribution in [2.24, 2.45) is 0 Å². The van der Waals surface area contributed by atoms with Crippen molar-refractivity contribution in [2.75, 3.05) is 38.3 Å². The summed E-state index contributed by atoms with van der Waals surface area (Å²) in [6.45, 7) is 5.11. The van der Waals surface area contributed by atoms with E-state index in [0.717, 1.165) is 19.6 Å². The van der Waals surface area contributed by atoms with E-state index in [1.807, 2.05) is 11.8 Å². The zero-order valence-electron chi connectivity index (χ0n) is 12.8. The van der Waals surface area contributed by atoms with E-state index in [-0.39, 0.29) is 6.10 Å². The zero-order valence-corrected chi connectivity index (χ0v) is 13.6. The van der Waals surface area contributed by atoms with Crippen LogP contribution in [0, 0.1) is 0 Å². The lowest BCUT2D eigenvalue weighted by molar-refractivity contribution is 0.0355. The van der Waals surface area contributed by atoms with Gasteiger partial charge in [0.15, 0.2) is 0 Å². The molecule has 0 amide bonds. The maximum absolute atomic E-state index is 9.70. The number of nitrogens with one attached hydrogen (secondary N) is 1. The molecule has 116 valence electrons. The fourth-order valence-corrected chi connectivity index (χ4v) is 2.34. The van der Waals surface area contributed by atoms with Gasteiger partial charge in [-0.2, -0.15) is 11.8 Å². The van der Waals surface area contributed by atoms with Crippen molar-refractivity contribution in [3.05, 3.63) is 0 Å². The quantitative estimate of drug-likeness (QED) is 0.455. The molecule has 19 heavy (non-hydrogen) atoms. The molecule has 0 rings (SSSR count). The summed E-state index contributed by atoms with van der Waals surface area (Å²) in [4.78, 5) is 0. The lowest BCUT2D eigenvalue weighted by Gasteiger charge is -2.12. The highest BCUT2D eigenvalue weighted by Crippen LogP contribution is 2.01. The van der Waals surface area contributed by atoms with Gasteiger partial charge in [-0.25, -0.2) is 0 Å². The van der Waals surface area contributed by atoms with Crippen molar-refractivity contribution in [1.82, 2.24) is 5.32 Å². The van der Waals surface area contributed by atoms with E-state index in [1.165, 1.54) is 44.3 Å². The number of aliphatic hydroxyl groups excluding tert-OH is 1. The maximum atomic E-state index is 9.70. The van der Waals surface area contributed by atoms with Crippen molar-refractivity contribution in [3.8, 4) is 0 Å². The molecule has 0 aromatic carbocycles. The predicted molar refractivity (Wildman–Crippen MR) is 86.1 cm³/mol. The Labute approximate surface area is 123 Å². The van der Waals surface area contributed by atoms with Gasteiger partial charge in [-0.3, -0.25) is 0 Å². The minimum absolute atomic E-state index is 0.364. The minimum atomic E-state index is -0.364. The Hall–Kier alpha value is 0.230. The molecule has 4 heteroatoms. The first kappa shape index (κ1) is 19.2. The molecule has 0 aromatic rings. The second kappa shape index (κ2) is 16.3. The highest BCUT2D eigenvalue weighted by molar-refractivity contribution is 7.98. The number of rotatable bonds is 15. The number of thioether (sulfide) groups is 1. The van der Waals surface area contributed by atoms with Gasteiger partial charge in [0.2, 0.25) is 0 Å². The molecule has 0 aliphatic carbocycles. The van der Waals surface area contributed by atoms with Crippen LogP contribution < -0.4 is 5.32 Å². The van der Waals surface area contributed by atoms with Crippen LogP contribution in [0.1, 0.15) is 51.9 Å². The SMILES string of the molecule is CCCCCCOCC(O)CNCCCCCSC. The van der Waals surface area contributed by atoms with Gasteiger partial charge in [0.25, 0.3) is 0 Å². The summed E-state index contributed by atoms with van der Waals surface area (Å²) in [5.41, 5.74) is 0. The third-order valence-corrected chi connectivity index (χ3v) is 3.73. The average molecular weight is 292 g/mol. The van der Waals surface area contributed by atoms with Gasteiger partial charge in [0.1, 0.15) is 0 Å². The summed E-state index contributed by atoms with van der Waals surface area (Å²) in [5, 5.41) is 13.0. The summed E-state index contributed by atoms with van der Waals surface area (Å²) < 4.78 is 5.46. The lowest BCUT2D eigenvalue weighted by Crippen LogP contribution is -2.31. The van der Waals surface area contributed by atoms with Gasteiger partial charge in [-0.05, 0) is 37.8 Å². The molecule has 0 aliphatic rings. The summed E-state index contributed by atoms with van der Waals surface area (Å²) in [6, 6.07) is 0. The molecule has 0 aromatic heterocycles. The van der Waals surface area contributed by atoms with Crippen LogP contribution in [0.25, 0.3) is 0 Å². The first-order valence-electron chi connectivity index (χ1n) is 7.76. The van der Waals surface area contributed by atoms with Gasteiger partial charge >= 0.3 is 0 Å². The van der Waals surface area contributed by atoms with Gasteiger partial charge in [0.05, 0.1) is 12.7 Å². The number of unbranched alkanes of at least 4 members (excludes halogenated alkanes) is 5. The van der Waals surface area contributed by atoms with Crippen LogP contribution in [0.3, 0.4) is 0 Å². The van der Waals surface area contributed by atoms with E-state index < -0.39 is 0 Å².